The van der Waals surface area contributed by atoms with Crippen LogP contribution >= 0.6 is 35.0 Å². The zero-order chi connectivity index (χ0) is 21.4. The molecule has 10 heteroatoms. The summed E-state index contributed by atoms with van der Waals surface area (Å²) in [6, 6.07) is 9.65. The summed E-state index contributed by atoms with van der Waals surface area (Å²) >= 11 is 13.5. The maximum Gasteiger partial charge on any atom is 0.269 e. The van der Waals surface area contributed by atoms with Crippen LogP contribution in [0.15, 0.2) is 42.5 Å². The first-order valence-corrected chi connectivity index (χ1v) is 10.7. The standard InChI is InChI=1S/C19H19Cl2N3O4S/c1-29-9-8-17(23-18(25)15-7-4-13(20)10-16(15)21)19(26)22-11-12-2-5-14(6-3-12)24(27)28/h2-7,10,17H,8-9,11H2,1H3,(H,22,26)(H,23,25). The van der Waals surface area contributed by atoms with Crippen LogP contribution in [0.1, 0.15) is 22.3 Å². The topological polar surface area (TPSA) is 101 Å². The van der Waals surface area contributed by atoms with Crippen molar-refractivity contribution in [3.63, 3.8) is 0 Å². The molecule has 0 saturated heterocycles. The van der Waals surface area contributed by atoms with Crippen molar-refractivity contribution in [2.75, 3.05) is 12.0 Å². The van der Waals surface area contributed by atoms with E-state index in [1.54, 1.807) is 30.0 Å². The highest BCUT2D eigenvalue weighted by molar-refractivity contribution is 7.98. The van der Waals surface area contributed by atoms with E-state index in [0.717, 1.165) is 0 Å². The molecule has 0 radical (unpaired) electrons. The van der Waals surface area contributed by atoms with Crippen LogP contribution in [-0.2, 0) is 11.3 Å². The molecule has 0 bridgehead atoms. The third-order valence-corrected chi connectivity index (χ3v) is 5.21. The van der Waals surface area contributed by atoms with Crippen molar-refractivity contribution < 1.29 is 14.5 Å². The van der Waals surface area contributed by atoms with Gasteiger partial charge in [-0.05, 0) is 42.2 Å². The summed E-state index contributed by atoms with van der Waals surface area (Å²) in [5, 5.41) is 16.8. The summed E-state index contributed by atoms with van der Waals surface area (Å²) in [4.78, 5) is 35.4. The lowest BCUT2D eigenvalue weighted by molar-refractivity contribution is -0.384. The summed E-state index contributed by atoms with van der Waals surface area (Å²) in [5.41, 5.74) is 0.915. The number of amides is 2. The number of nitrogens with one attached hydrogen (secondary N) is 2. The van der Waals surface area contributed by atoms with Crippen LogP contribution < -0.4 is 10.6 Å². The van der Waals surface area contributed by atoms with Gasteiger partial charge in [-0.3, -0.25) is 19.7 Å². The zero-order valence-corrected chi connectivity index (χ0v) is 17.8. The number of benzene rings is 2. The molecular formula is C19H19Cl2N3O4S. The molecule has 0 saturated carbocycles. The van der Waals surface area contributed by atoms with Crippen molar-refractivity contribution in [1.29, 1.82) is 0 Å². The molecule has 29 heavy (non-hydrogen) atoms. The summed E-state index contributed by atoms with van der Waals surface area (Å²) in [6.45, 7) is 0.185. The minimum atomic E-state index is -0.750. The number of hydrogen-bond acceptors (Lipinski definition) is 5. The quantitative estimate of drug-likeness (QED) is 0.438. The molecule has 0 spiro atoms. The maximum atomic E-state index is 12.6. The first-order valence-electron chi connectivity index (χ1n) is 8.57. The minimum Gasteiger partial charge on any atom is -0.350 e. The SMILES string of the molecule is CSCCC(NC(=O)c1ccc(Cl)cc1Cl)C(=O)NCc1ccc([N+](=O)[O-])cc1. The third kappa shape index (κ3) is 6.92. The number of halogens is 2. The highest BCUT2D eigenvalue weighted by atomic mass is 35.5. The Balaban J connectivity index is 2.03. The molecule has 2 N–H and O–H groups in total. The van der Waals surface area contributed by atoms with Crippen LogP contribution in [0.4, 0.5) is 5.69 Å². The molecule has 0 fully saturated rings. The number of thioether (sulfide) groups is 1. The van der Waals surface area contributed by atoms with Crippen molar-refractivity contribution >= 4 is 52.5 Å². The highest BCUT2D eigenvalue weighted by Gasteiger charge is 2.22. The van der Waals surface area contributed by atoms with Crippen molar-refractivity contribution in [1.82, 2.24) is 10.6 Å². The number of carbonyl (C=O) groups excluding carboxylic acids is 2. The van der Waals surface area contributed by atoms with Gasteiger partial charge in [-0.2, -0.15) is 11.8 Å². The Labute approximate surface area is 182 Å². The van der Waals surface area contributed by atoms with Gasteiger partial charge in [-0.25, -0.2) is 0 Å². The summed E-state index contributed by atoms with van der Waals surface area (Å²) in [5.74, 6) is -0.149. The summed E-state index contributed by atoms with van der Waals surface area (Å²) in [7, 11) is 0. The second-order valence-corrected chi connectivity index (χ2v) is 7.90. The predicted octanol–water partition coefficient (Wildman–Crippen LogP) is 4.07. The Bertz CT molecular complexity index is 894. The molecular weight excluding hydrogens is 437 g/mol. The smallest absolute Gasteiger partial charge is 0.269 e. The summed E-state index contributed by atoms with van der Waals surface area (Å²) < 4.78 is 0. The van der Waals surface area contributed by atoms with Gasteiger partial charge >= 0.3 is 0 Å². The number of hydrogen-bond donors (Lipinski definition) is 2. The van der Waals surface area contributed by atoms with Gasteiger partial charge < -0.3 is 10.6 Å². The molecule has 2 amide bonds. The number of nitro groups is 1. The lowest BCUT2D eigenvalue weighted by atomic mass is 10.1. The first-order chi connectivity index (χ1) is 13.8. The van der Waals surface area contributed by atoms with Crippen LogP contribution in [0.3, 0.4) is 0 Å². The molecule has 154 valence electrons. The Morgan fingerprint density at radius 2 is 1.86 bits per heavy atom. The van der Waals surface area contributed by atoms with Gasteiger partial charge in [-0.1, -0.05) is 35.3 Å². The number of non-ortho nitro benzene ring substituents is 1. The molecule has 0 heterocycles. The Kier molecular flexibility index (Phi) is 8.75. The fraction of sp³-hybridized carbons (Fsp3) is 0.263. The van der Waals surface area contributed by atoms with Crippen LogP contribution in [0.25, 0.3) is 0 Å². The number of nitrogens with zero attached hydrogens (tertiary/aromatic N) is 1. The minimum absolute atomic E-state index is 0.0231. The van der Waals surface area contributed by atoms with Gasteiger partial charge in [0.2, 0.25) is 5.91 Å². The first kappa shape index (κ1) is 23.0. The molecule has 1 unspecified atom stereocenters. The molecule has 0 aromatic heterocycles. The Morgan fingerprint density at radius 1 is 1.17 bits per heavy atom. The lowest BCUT2D eigenvalue weighted by Gasteiger charge is -2.18. The molecule has 0 aliphatic heterocycles. The van der Waals surface area contributed by atoms with Gasteiger partial charge in [-0.15, -0.1) is 0 Å². The zero-order valence-electron chi connectivity index (χ0n) is 15.5. The van der Waals surface area contributed by atoms with Crippen molar-refractivity contribution in [2.45, 2.75) is 19.0 Å². The van der Waals surface area contributed by atoms with Crippen molar-refractivity contribution in [2.24, 2.45) is 0 Å². The van der Waals surface area contributed by atoms with E-state index in [0.29, 0.717) is 22.8 Å². The Hall–Kier alpha value is -2.29. The maximum absolute atomic E-state index is 12.6. The van der Waals surface area contributed by atoms with Crippen LogP contribution in [0.2, 0.25) is 10.0 Å². The van der Waals surface area contributed by atoms with E-state index >= 15 is 0 Å². The predicted molar refractivity (Wildman–Crippen MR) is 116 cm³/mol. The number of carbonyl (C=O) groups is 2. The van der Waals surface area contributed by atoms with Crippen LogP contribution in [0, 0.1) is 10.1 Å². The van der Waals surface area contributed by atoms with Gasteiger partial charge in [0.05, 0.1) is 15.5 Å². The second-order valence-electron chi connectivity index (χ2n) is 6.07. The number of rotatable bonds is 9. The fourth-order valence-corrected chi connectivity index (χ4v) is 3.43. The summed E-state index contributed by atoms with van der Waals surface area (Å²) in [6.07, 6.45) is 2.34. The molecule has 0 aliphatic rings. The largest absolute Gasteiger partial charge is 0.350 e. The van der Waals surface area contributed by atoms with E-state index in [2.05, 4.69) is 10.6 Å². The van der Waals surface area contributed by atoms with Crippen LogP contribution in [0.5, 0.6) is 0 Å². The second kappa shape index (κ2) is 11.0. The van der Waals surface area contributed by atoms with Crippen LogP contribution in [-0.4, -0.2) is 34.8 Å². The van der Waals surface area contributed by atoms with Gasteiger partial charge in [0, 0.05) is 23.7 Å². The molecule has 2 rings (SSSR count). The lowest BCUT2D eigenvalue weighted by Crippen LogP contribution is -2.47. The van der Waals surface area contributed by atoms with E-state index in [1.807, 2.05) is 6.26 Å². The average molecular weight is 456 g/mol. The van der Waals surface area contributed by atoms with E-state index in [9.17, 15) is 19.7 Å². The third-order valence-electron chi connectivity index (χ3n) is 4.02. The normalized spacial score (nSPS) is 11.6. The monoisotopic (exact) mass is 455 g/mol. The van der Waals surface area contributed by atoms with Gasteiger partial charge in [0.25, 0.3) is 11.6 Å². The number of nitro benzene ring substituents is 1. The molecule has 2 aromatic rings. The van der Waals surface area contributed by atoms with Crippen molar-refractivity contribution in [3.8, 4) is 0 Å². The molecule has 7 nitrogen and oxygen atoms in total. The van der Waals surface area contributed by atoms with Gasteiger partial charge in [0.1, 0.15) is 6.04 Å². The Morgan fingerprint density at radius 3 is 2.45 bits per heavy atom. The molecule has 2 aromatic carbocycles. The molecule has 0 aliphatic carbocycles. The van der Waals surface area contributed by atoms with E-state index in [-0.39, 0.29) is 28.7 Å². The van der Waals surface area contributed by atoms with E-state index in [4.69, 9.17) is 23.2 Å². The van der Waals surface area contributed by atoms with E-state index < -0.39 is 16.9 Å². The molecule has 1 atom stereocenters. The fourth-order valence-electron chi connectivity index (χ4n) is 2.46. The van der Waals surface area contributed by atoms with E-state index in [1.165, 1.54) is 24.3 Å². The van der Waals surface area contributed by atoms with Crippen molar-refractivity contribution in [3.05, 3.63) is 73.8 Å². The van der Waals surface area contributed by atoms with Gasteiger partial charge in [0.15, 0.2) is 0 Å². The highest BCUT2D eigenvalue weighted by Crippen LogP contribution is 2.21. The average Bonchev–Trinajstić information content (AvgIpc) is 2.69.